The van der Waals surface area contributed by atoms with Gasteiger partial charge in [-0.3, -0.25) is 0 Å². The van der Waals surface area contributed by atoms with Crippen molar-refractivity contribution < 1.29 is 0 Å². The van der Waals surface area contributed by atoms with Crippen molar-refractivity contribution in [3.63, 3.8) is 0 Å². The minimum absolute atomic E-state index is 0.778. The Morgan fingerprint density at radius 3 is 2.27 bits per heavy atom. The Hall–Kier alpha value is -2.07. The predicted octanol–water partition coefficient (Wildman–Crippen LogP) is 5.59. The largest absolute Gasteiger partial charge is 0.192 e. The Morgan fingerprint density at radius 1 is 1.00 bits per heavy atom. The third-order valence-corrected chi connectivity index (χ3v) is 4.36. The van der Waals surface area contributed by atoms with Gasteiger partial charge in [0.25, 0.3) is 0 Å². The van der Waals surface area contributed by atoms with E-state index in [1.807, 2.05) is 32.0 Å². The van der Waals surface area contributed by atoms with E-state index >= 15 is 0 Å². The first kappa shape index (κ1) is 16.3. The van der Waals surface area contributed by atoms with E-state index in [1.54, 1.807) is 0 Å². The van der Waals surface area contributed by atoms with Crippen LogP contribution in [0.4, 0.5) is 0 Å². The molecule has 0 radical (unpaired) electrons. The summed E-state index contributed by atoms with van der Waals surface area (Å²) in [5.74, 6) is 0.979. The molecule has 1 aliphatic rings. The van der Waals surface area contributed by atoms with Crippen molar-refractivity contribution in [2.45, 2.75) is 46.0 Å². The molecular formula is C21H25N. The molecule has 0 heterocycles. The summed E-state index contributed by atoms with van der Waals surface area (Å²) in [6, 6.07) is 18.9. The van der Waals surface area contributed by atoms with Gasteiger partial charge in [-0.2, -0.15) is 5.26 Å². The molecular weight excluding hydrogens is 266 g/mol. The Kier molecular flexibility index (Phi) is 6.22. The van der Waals surface area contributed by atoms with E-state index in [1.165, 1.54) is 37.7 Å². The third kappa shape index (κ3) is 5.04. The van der Waals surface area contributed by atoms with Crippen molar-refractivity contribution in [2.75, 3.05) is 0 Å². The van der Waals surface area contributed by atoms with Gasteiger partial charge in [0.2, 0.25) is 0 Å². The summed E-state index contributed by atoms with van der Waals surface area (Å²) in [5.41, 5.74) is 4.49. The molecule has 0 spiro atoms. The molecule has 0 aromatic heterocycles. The highest BCUT2D eigenvalue weighted by Crippen LogP contribution is 2.27. The van der Waals surface area contributed by atoms with Crippen LogP contribution in [0.25, 0.3) is 0 Å². The maximum Gasteiger partial charge on any atom is 0.0994 e. The molecule has 2 aromatic carbocycles. The third-order valence-electron chi connectivity index (χ3n) is 4.36. The predicted molar refractivity (Wildman–Crippen MR) is 92.7 cm³/mol. The van der Waals surface area contributed by atoms with Crippen LogP contribution in [0.3, 0.4) is 0 Å². The van der Waals surface area contributed by atoms with E-state index in [-0.39, 0.29) is 0 Å². The lowest BCUT2D eigenvalue weighted by Crippen LogP contribution is -1.97. The van der Waals surface area contributed by atoms with Gasteiger partial charge >= 0.3 is 0 Å². The molecule has 0 unspecified atom stereocenters. The molecule has 1 saturated carbocycles. The number of rotatable bonds is 2. The number of hydrogen-bond donors (Lipinski definition) is 0. The van der Waals surface area contributed by atoms with Gasteiger partial charge < -0.3 is 0 Å². The Morgan fingerprint density at radius 2 is 1.68 bits per heavy atom. The average molecular weight is 291 g/mol. The Labute approximate surface area is 134 Å². The van der Waals surface area contributed by atoms with Crippen molar-refractivity contribution in [1.82, 2.24) is 0 Å². The minimum Gasteiger partial charge on any atom is -0.192 e. The first-order valence-corrected chi connectivity index (χ1v) is 8.20. The second-order valence-electron chi connectivity index (χ2n) is 6.27. The Bertz CT molecular complexity index is 616. The molecule has 114 valence electrons. The van der Waals surface area contributed by atoms with E-state index in [2.05, 4.69) is 36.4 Å². The number of nitrogens with zero attached hydrogens (tertiary/aromatic N) is 1. The van der Waals surface area contributed by atoms with Crippen LogP contribution in [-0.2, 0) is 6.42 Å². The summed E-state index contributed by atoms with van der Waals surface area (Å²) in [6.07, 6.45) is 7.12. The van der Waals surface area contributed by atoms with Gasteiger partial charge in [-0.1, -0.05) is 68.1 Å². The maximum atomic E-state index is 8.59. The lowest BCUT2D eigenvalue weighted by molar-refractivity contribution is 0.546. The van der Waals surface area contributed by atoms with Gasteiger partial charge in [0.1, 0.15) is 0 Å². The highest BCUT2D eigenvalue weighted by Gasteiger charge is 2.14. The van der Waals surface area contributed by atoms with Crippen LogP contribution in [0.5, 0.6) is 0 Å². The monoisotopic (exact) mass is 291 g/mol. The molecule has 0 saturated heterocycles. The fourth-order valence-corrected chi connectivity index (χ4v) is 3.02. The summed E-state index contributed by atoms with van der Waals surface area (Å²) < 4.78 is 0. The molecule has 0 N–H and O–H groups in total. The zero-order valence-electron chi connectivity index (χ0n) is 13.7. The molecule has 0 aliphatic heterocycles. The van der Waals surface area contributed by atoms with Crippen molar-refractivity contribution in [3.8, 4) is 6.07 Å². The molecule has 1 nitrogen and oxygen atoms in total. The average Bonchev–Trinajstić information content (AvgIpc) is 3.04. The van der Waals surface area contributed by atoms with Gasteiger partial charge in [0.15, 0.2) is 0 Å². The second kappa shape index (κ2) is 8.39. The number of aryl methyl sites for hydroxylation is 2. The van der Waals surface area contributed by atoms with E-state index in [9.17, 15) is 0 Å². The quantitative estimate of drug-likeness (QED) is 0.707. The lowest BCUT2D eigenvalue weighted by atomic mass is 9.98. The van der Waals surface area contributed by atoms with Crippen LogP contribution in [0.2, 0.25) is 0 Å². The van der Waals surface area contributed by atoms with Crippen LogP contribution in [0.15, 0.2) is 48.5 Å². The molecule has 1 fully saturated rings. The van der Waals surface area contributed by atoms with Gasteiger partial charge in [-0.25, -0.2) is 0 Å². The van der Waals surface area contributed by atoms with Crippen LogP contribution >= 0.6 is 0 Å². The van der Waals surface area contributed by atoms with Crippen LogP contribution < -0.4 is 0 Å². The van der Waals surface area contributed by atoms with Gasteiger partial charge in [-0.15, -0.1) is 0 Å². The standard InChI is InChI=1S/C12H16.C9H9N/c1-2-6-11(7-3-1)10-12-8-4-5-9-12;1-7-3-4-8(2)9(5-7)6-10/h1-3,6-7,12H,4-5,8-10H2;3-5H,1-2H3. The second-order valence-corrected chi connectivity index (χ2v) is 6.27. The van der Waals surface area contributed by atoms with Gasteiger partial charge in [0.05, 0.1) is 11.6 Å². The summed E-state index contributed by atoms with van der Waals surface area (Å²) in [5, 5.41) is 8.59. The zero-order valence-corrected chi connectivity index (χ0v) is 13.7. The van der Waals surface area contributed by atoms with E-state index in [0.29, 0.717) is 0 Å². The maximum absolute atomic E-state index is 8.59. The first-order valence-electron chi connectivity index (χ1n) is 8.20. The van der Waals surface area contributed by atoms with Crippen molar-refractivity contribution in [2.24, 2.45) is 5.92 Å². The van der Waals surface area contributed by atoms with Gasteiger partial charge in [-0.05, 0) is 48.9 Å². The molecule has 3 rings (SSSR count). The fourth-order valence-electron chi connectivity index (χ4n) is 3.02. The Balaban J connectivity index is 0.000000164. The number of hydrogen-bond acceptors (Lipinski definition) is 1. The SMILES string of the molecule is Cc1ccc(C)c(C#N)c1.c1ccc(CC2CCCC2)cc1. The molecule has 2 aromatic rings. The van der Waals surface area contributed by atoms with Gasteiger partial charge in [0, 0.05) is 0 Å². The number of nitriles is 1. The van der Waals surface area contributed by atoms with E-state index in [0.717, 1.165) is 22.6 Å². The van der Waals surface area contributed by atoms with Crippen LogP contribution in [0, 0.1) is 31.1 Å². The summed E-state index contributed by atoms with van der Waals surface area (Å²) in [4.78, 5) is 0. The topological polar surface area (TPSA) is 23.8 Å². The molecule has 0 bridgehead atoms. The highest BCUT2D eigenvalue weighted by atomic mass is 14.2. The molecule has 0 atom stereocenters. The smallest absolute Gasteiger partial charge is 0.0994 e. The summed E-state index contributed by atoms with van der Waals surface area (Å²) in [7, 11) is 0. The molecule has 1 heteroatoms. The first-order chi connectivity index (χ1) is 10.7. The molecule has 22 heavy (non-hydrogen) atoms. The normalized spacial score (nSPS) is 14.0. The fraction of sp³-hybridized carbons (Fsp3) is 0.381. The van der Waals surface area contributed by atoms with Crippen LogP contribution in [-0.4, -0.2) is 0 Å². The van der Waals surface area contributed by atoms with Crippen molar-refractivity contribution in [1.29, 1.82) is 5.26 Å². The summed E-state index contributed by atoms with van der Waals surface area (Å²) in [6.45, 7) is 3.93. The zero-order chi connectivity index (χ0) is 15.8. The summed E-state index contributed by atoms with van der Waals surface area (Å²) >= 11 is 0. The number of benzene rings is 2. The minimum atomic E-state index is 0.778. The van der Waals surface area contributed by atoms with Crippen molar-refractivity contribution >= 4 is 0 Å². The van der Waals surface area contributed by atoms with Crippen molar-refractivity contribution in [3.05, 3.63) is 70.8 Å². The highest BCUT2D eigenvalue weighted by molar-refractivity contribution is 5.39. The molecule has 1 aliphatic carbocycles. The molecule has 0 amide bonds. The van der Waals surface area contributed by atoms with E-state index < -0.39 is 0 Å². The van der Waals surface area contributed by atoms with Crippen LogP contribution in [0.1, 0.15) is 47.9 Å². The van der Waals surface area contributed by atoms with E-state index in [4.69, 9.17) is 5.26 Å². The lowest BCUT2D eigenvalue weighted by Gasteiger charge is -2.07.